The van der Waals surface area contributed by atoms with E-state index in [4.69, 9.17) is 10.5 Å². The van der Waals surface area contributed by atoms with Gasteiger partial charge < -0.3 is 15.8 Å². The van der Waals surface area contributed by atoms with Crippen LogP contribution < -0.4 is 11.1 Å². The maximum Gasteiger partial charge on any atom is 0.163 e. The predicted molar refractivity (Wildman–Crippen MR) is 81.5 cm³/mol. The topological polar surface area (TPSA) is 73.1 Å². The van der Waals surface area contributed by atoms with Crippen LogP contribution in [0.3, 0.4) is 0 Å². The van der Waals surface area contributed by atoms with Crippen molar-refractivity contribution in [3.63, 3.8) is 0 Å². The van der Waals surface area contributed by atoms with Gasteiger partial charge in [0.2, 0.25) is 0 Å². The zero-order valence-electron chi connectivity index (χ0n) is 11.8. The Balaban J connectivity index is 2.25. The predicted octanol–water partition coefficient (Wildman–Crippen LogP) is 2.56. The molecule has 3 N–H and O–H groups in total. The molecule has 1 atom stereocenters. The standard InChI is InChI=1S/C15H20N4O/c1-3-12(10-20-2)17-14-9-13(16)18-15(19-14)11-7-5-4-6-8-11/h4-9,12H,3,10H2,1-2H3,(H3,16,17,18,19). The molecule has 1 aromatic carbocycles. The highest BCUT2D eigenvalue weighted by atomic mass is 16.5. The molecule has 0 radical (unpaired) electrons. The van der Waals surface area contributed by atoms with E-state index >= 15 is 0 Å². The Morgan fingerprint density at radius 3 is 2.65 bits per heavy atom. The van der Waals surface area contributed by atoms with Crippen molar-refractivity contribution in [1.29, 1.82) is 0 Å². The molecular formula is C15H20N4O. The Morgan fingerprint density at radius 2 is 2.00 bits per heavy atom. The Labute approximate surface area is 119 Å². The fourth-order valence-electron chi connectivity index (χ4n) is 1.93. The summed E-state index contributed by atoms with van der Waals surface area (Å²) in [5.41, 5.74) is 6.81. The number of methoxy groups -OCH3 is 1. The van der Waals surface area contributed by atoms with E-state index in [1.54, 1.807) is 13.2 Å². The second-order valence-corrected chi connectivity index (χ2v) is 4.57. The quantitative estimate of drug-likeness (QED) is 0.845. The minimum atomic E-state index is 0.206. The molecule has 1 heterocycles. The fraction of sp³-hybridized carbons (Fsp3) is 0.333. The van der Waals surface area contributed by atoms with E-state index in [0.717, 1.165) is 17.8 Å². The molecule has 0 aliphatic rings. The molecule has 1 unspecified atom stereocenters. The van der Waals surface area contributed by atoms with Crippen molar-refractivity contribution in [2.45, 2.75) is 19.4 Å². The molecule has 0 saturated heterocycles. The number of nitrogens with one attached hydrogen (secondary N) is 1. The third-order valence-corrected chi connectivity index (χ3v) is 2.99. The average molecular weight is 272 g/mol. The van der Waals surface area contributed by atoms with Crippen LogP contribution >= 0.6 is 0 Å². The molecule has 2 rings (SSSR count). The minimum Gasteiger partial charge on any atom is -0.384 e. The van der Waals surface area contributed by atoms with Crippen molar-refractivity contribution in [2.24, 2.45) is 0 Å². The van der Waals surface area contributed by atoms with Gasteiger partial charge in [0.05, 0.1) is 12.6 Å². The van der Waals surface area contributed by atoms with Gasteiger partial charge in [0.1, 0.15) is 11.6 Å². The summed E-state index contributed by atoms with van der Waals surface area (Å²) in [6.45, 7) is 2.72. The maximum absolute atomic E-state index is 5.87. The molecule has 0 aliphatic carbocycles. The lowest BCUT2D eigenvalue weighted by atomic mass is 10.2. The summed E-state index contributed by atoms with van der Waals surface area (Å²) in [6.07, 6.45) is 0.943. The SMILES string of the molecule is CCC(COC)Nc1cc(N)nc(-c2ccccc2)n1. The van der Waals surface area contributed by atoms with Crippen molar-refractivity contribution in [2.75, 3.05) is 24.8 Å². The van der Waals surface area contributed by atoms with E-state index in [2.05, 4.69) is 22.2 Å². The Hall–Kier alpha value is -2.14. The van der Waals surface area contributed by atoms with E-state index < -0.39 is 0 Å². The van der Waals surface area contributed by atoms with Gasteiger partial charge in [0.15, 0.2) is 5.82 Å². The molecule has 1 aromatic heterocycles. The van der Waals surface area contributed by atoms with Crippen LogP contribution in [0.25, 0.3) is 11.4 Å². The monoisotopic (exact) mass is 272 g/mol. The van der Waals surface area contributed by atoms with Crippen LogP contribution in [0.2, 0.25) is 0 Å². The summed E-state index contributed by atoms with van der Waals surface area (Å²) in [7, 11) is 1.69. The smallest absolute Gasteiger partial charge is 0.163 e. The van der Waals surface area contributed by atoms with Crippen molar-refractivity contribution in [3.8, 4) is 11.4 Å². The number of nitrogens with zero attached hydrogens (tertiary/aromatic N) is 2. The molecule has 0 bridgehead atoms. The van der Waals surface area contributed by atoms with Crippen molar-refractivity contribution in [1.82, 2.24) is 9.97 Å². The molecule has 20 heavy (non-hydrogen) atoms. The van der Waals surface area contributed by atoms with Crippen molar-refractivity contribution < 1.29 is 4.74 Å². The van der Waals surface area contributed by atoms with Crippen LogP contribution in [-0.4, -0.2) is 29.7 Å². The van der Waals surface area contributed by atoms with E-state index in [0.29, 0.717) is 18.2 Å². The number of hydrogen-bond acceptors (Lipinski definition) is 5. The van der Waals surface area contributed by atoms with Gasteiger partial charge in [-0.25, -0.2) is 9.97 Å². The summed E-state index contributed by atoms with van der Waals surface area (Å²) in [5, 5.41) is 3.32. The molecule has 0 amide bonds. The van der Waals surface area contributed by atoms with E-state index in [1.165, 1.54) is 0 Å². The number of nitrogens with two attached hydrogens (primary N) is 1. The summed E-state index contributed by atoms with van der Waals surface area (Å²) in [5.74, 6) is 1.80. The molecule has 0 saturated carbocycles. The van der Waals surface area contributed by atoms with Gasteiger partial charge in [-0.05, 0) is 6.42 Å². The first-order chi connectivity index (χ1) is 9.72. The second kappa shape index (κ2) is 6.86. The zero-order valence-corrected chi connectivity index (χ0v) is 11.8. The minimum absolute atomic E-state index is 0.206. The van der Waals surface area contributed by atoms with Gasteiger partial charge in [-0.15, -0.1) is 0 Å². The number of anilines is 2. The summed E-state index contributed by atoms with van der Waals surface area (Å²) in [4.78, 5) is 8.79. The van der Waals surface area contributed by atoms with Crippen LogP contribution in [0, 0.1) is 0 Å². The lowest BCUT2D eigenvalue weighted by molar-refractivity contribution is 0.184. The molecule has 106 valence electrons. The highest BCUT2D eigenvalue weighted by molar-refractivity contribution is 5.60. The van der Waals surface area contributed by atoms with Gasteiger partial charge >= 0.3 is 0 Å². The van der Waals surface area contributed by atoms with Gasteiger partial charge in [0.25, 0.3) is 0 Å². The van der Waals surface area contributed by atoms with Crippen LogP contribution in [0.1, 0.15) is 13.3 Å². The molecule has 5 nitrogen and oxygen atoms in total. The summed E-state index contributed by atoms with van der Waals surface area (Å²) < 4.78 is 5.18. The van der Waals surface area contributed by atoms with Crippen LogP contribution in [-0.2, 0) is 4.74 Å². The van der Waals surface area contributed by atoms with Gasteiger partial charge in [-0.3, -0.25) is 0 Å². The van der Waals surface area contributed by atoms with Crippen LogP contribution in [0.5, 0.6) is 0 Å². The van der Waals surface area contributed by atoms with Gasteiger partial charge in [0, 0.05) is 18.7 Å². The first-order valence-corrected chi connectivity index (χ1v) is 6.68. The number of nitrogen functional groups attached to an aromatic ring is 1. The zero-order chi connectivity index (χ0) is 14.4. The first-order valence-electron chi connectivity index (χ1n) is 6.68. The first kappa shape index (κ1) is 14.3. The number of ether oxygens (including phenoxy) is 1. The number of benzene rings is 1. The highest BCUT2D eigenvalue weighted by Crippen LogP contribution is 2.19. The molecule has 0 spiro atoms. The third kappa shape index (κ3) is 3.68. The van der Waals surface area contributed by atoms with Gasteiger partial charge in [-0.1, -0.05) is 37.3 Å². The van der Waals surface area contributed by atoms with Crippen molar-refractivity contribution >= 4 is 11.6 Å². The van der Waals surface area contributed by atoms with Crippen LogP contribution in [0.15, 0.2) is 36.4 Å². The van der Waals surface area contributed by atoms with E-state index in [9.17, 15) is 0 Å². The Kier molecular flexibility index (Phi) is 4.90. The number of rotatable bonds is 6. The van der Waals surface area contributed by atoms with Crippen molar-refractivity contribution in [3.05, 3.63) is 36.4 Å². The lowest BCUT2D eigenvalue weighted by Crippen LogP contribution is -2.24. The second-order valence-electron chi connectivity index (χ2n) is 4.57. The largest absolute Gasteiger partial charge is 0.384 e. The molecule has 0 aliphatic heterocycles. The Bertz CT molecular complexity index is 545. The average Bonchev–Trinajstić information content (AvgIpc) is 2.47. The normalized spacial score (nSPS) is 12.1. The van der Waals surface area contributed by atoms with Crippen LogP contribution in [0.4, 0.5) is 11.6 Å². The lowest BCUT2D eigenvalue weighted by Gasteiger charge is -2.17. The molecular weight excluding hydrogens is 252 g/mol. The summed E-state index contributed by atoms with van der Waals surface area (Å²) in [6, 6.07) is 11.7. The number of hydrogen-bond donors (Lipinski definition) is 2. The Morgan fingerprint density at radius 1 is 1.25 bits per heavy atom. The van der Waals surface area contributed by atoms with Gasteiger partial charge in [-0.2, -0.15) is 0 Å². The summed E-state index contributed by atoms with van der Waals surface area (Å²) >= 11 is 0. The fourth-order valence-corrected chi connectivity index (χ4v) is 1.93. The van der Waals surface area contributed by atoms with E-state index in [-0.39, 0.29) is 6.04 Å². The van der Waals surface area contributed by atoms with E-state index in [1.807, 2.05) is 30.3 Å². The third-order valence-electron chi connectivity index (χ3n) is 2.99. The molecule has 0 fully saturated rings. The molecule has 2 aromatic rings. The number of aromatic nitrogens is 2. The maximum atomic E-state index is 5.87. The molecule has 5 heteroatoms. The highest BCUT2D eigenvalue weighted by Gasteiger charge is 2.09.